The molecular formula is C88H94N2O2S. The fourth-order valence-corrected chi connectivity index (χ4v) is 18.2. The van der Waals surface area contributed by atoms with Gasteiger partial charge in [0, 0.05) is 23.3 Å². The minimum atomic E-state index is -0.682. The molecule has 1 spiro atoms. The molecule has 4 aliphatic carbocycles. The molecule has 0 bridgehead atoms. The summed E-state index contributed by atoms with van der Waals surface area (Å²) < 4.78 is 9.57. The van der Waals surface area contributed by atoms with E-state index in [9.17, 15) is 4.79 Å². The Hall–Kier alpha value is -7.73. The SMILES string of the molecule is CCCCCCCCC1(CCCCCCCC)c2cc(-c3ccc4c(c3)C(CCCCCCCCCCC(=O)O)c3cc(-c5ccc(C)c6nsnc56)ccc3-4)ccc2-c2ccc(-c3ccc4c(c3)C3(c5cc(C)ccc5-c5ccc(C)cc53)c3cc(C)ccc3-4)cc21. The van der Waals surface area contributed by atoms with Gasteiger partial charge in [0.2, 0.25) is 0 Å². The van der Waals surface area contributed by atoms with Crippen molar-refractivity contribution < 1.29 is 9.90 Å². The van der Waals surface area contributed by atoms with Gasteiger partial charge in [-0.05, 0) is 206 Å². The highest BCUT2D eigenvalue weighted by atomic mass is 32.1. The van der Waals surface area contributed by atoms with Crippen LogP contribution in [0.25, 0.3) is 88.9 Å². The predicted molar refractivity (Wildman–Crippen MR) is 392 cm³/mol. The van der Waals surface area contributed by atoms with E-state index in [2.05, 4.69) is 199 Å². The zero-order valence-corrected chi connectivity index (χ0v) is 57.0. The first-order chi connectivity index (χ1) is 45.5. The molecule has 0 amide bonds. The van der Waals surface area contributed by atoms with Crippen molar-refractivity contribution in [3.8, 4) is 77.9 Å². The lowest BCUT2D eigenvalue weighted by Crippen LogP contribution is -2.26. The minimum Gasteiger partial charge on any atom is -0.481 e. The van der Waals surface area contributed by atoms with Gasteiger partial charge in [0.15, 0.2) is 0 Å². The second-order valence-corrected chi connectivity index (χ2v) is 29.1. The molecule has 0 saturated heterocycles. The van der Waals surface area contributed by atoms with E-state index in [0.29, 0.717) is 0 Å². The van der Waals surface area contributed by atoms with E-state index in [0.717, 1.165) is 55.1 Å². The maximum Gasteiger partial charge on any atom is 0.303 e. The molecule has 93 heavy (non-hydrogen) atoms. The summed E-state index contributed by atoms with van der Waals surface area (Å²) in [5, 5.41) is 9.14. The Bertz CT molecular complexity index is 4350. The van der Waals surface area contributed by atoms with E-state index < -0.39 is 11.4 Å². The van der Waals surface area contributed by atoms with E-state index in [-0.39, 0.29) is 17.8 Å². The van der Waals surface area contributed by atoms with E-state index in [4.69, 9.17) is 13.9 Å². The van der Waals surface area contributed by atoms with Gasteiger partial charge in [-0.25, -0.2) is 0 Å². The molecule has 4 aliphatic rings. The van der Waals surface area contributed by atoms with Crippen LogP contribution in [-0.4, -0.2) is 19.8 Å². The summed E-state index contributed by atoms with van der Waals surface area (Å²) in [6.45, 7) is 13.6. The van der Waals surface area contributed by atoms with Gasteiger partial charge in [0.1, 0.15) is 11.0 Å². The Labute approximate surface area is 558 Å². The van der Waals surface area contributed by atoms with Crippen molar-refractivity contribution in [2.45, 2.75) is 212 Å². The molecule has 1 heterocycles. The van der Waals surface area contributed by atoms with Crippen LogP contribution in [0.1, 0.15) is 241 Å². The number of aliphatic carboxylic acids is 1. The summed E-state index contributed by atoms with van der Waals surface area (Å²) in [6, 6.07) is 63.7. The molecule has 9 aromatic carbocycles. The lowest BCUT2D eigenvalue weighted by molar-refractivity contribution is -0.137. The third-order valence-corrected chi connectivity index (χ3v) is 22.9. The van der Waals surface area contributed by atoms with Crippen LogP contribution in [-0.2, 0) is 15.6 Å². The van der Waals surface area contributed by atoms with Crippen molar-refractivity contribution in [3.05, 3.63) is 224 Å². The molecule has 1 N–H and O–H groups in total. The highest BCUT2D eigenvalue weighted by molar-refractivity contribution is 7.00. The maximum atomic E-state index is 11.1. The number of fused-ring (bicyclic) bond motifs is 17. The van der Waals surface area contributed by atoms with Crippen molar-refractivity contribution >= 4 is 28.7 Å². The van der Waals surface area contributed by atoms with Crippen molar-refractivity contribution in [1.82, 2.24) is 8.75 Å². The summed E-state index contributed by atoms with van der Waals surface area (Å²) in [7, 11) is 0. The molecule has 0 fully saturated rings. The number of hydrogen-bond acceptors (Lipinski definition) is 4. The summed E-state index contributed by atoms with van der Waals surface area (Å²) in [5.41, 5.74) is 36.9. The molecule has 4 nitrogen and oxygen atoms in total. The number of benzene rings is 9. The van der Waals surface area contributed by atoms with Crippen LogP contribution in [0, 0.1) is 27.7 Å². The highest BCUT2D eigenvalue weighted by Gasteiger charge is 2.52. The molecule has 1 unspecified atom stereocenters. The largest absolute Gasteiger partial charge is 0.481 e. The van der Waals surface area contributed by atoms with Gasteiger partial charge in [0.25, 0.3) is 0 Å². The van der Waals surface area contributed by atoms with Gasteiger partial charge in [-0.3, -0.25) is 4.79 Å². The molecule has 0 saturated carbocycles. The number of unbranched alkanes of at least 4 members (excludes halogenated alkanes) is 17. The molecular weight excluding hydrogens is 1150 g/mol. The number of nitrogens with zero attached hydrogens (tertiary/aromatic N) is 2. The van der Waals surface area contributed by atoms with Crippen LogP contribution in [0.5, 0.6) is 0 Å². The van der Waals surface area contributed by atoms with Crippen molar-refractivity contribution in [2.75, 3.05) is 0 Å². The first-order valence-corrected chi connectivity index (χ1v) is 36.7. The van der Waals surface area contributed by atoms with Crippen molar-refractivity contribution in [2.24, 2.45) is 0 Å². The van der Waals surface area contributed by atoms with Crippen molar-refractivity contribution in [3.63, 3.8) is 0 Å². The van der Waals surface area contributed by atoms with Crippen LogP contribution >= 0.6 is 11.7 Å². The molecule has 14 rings (SSSR count). The first-order valence-electron chi connectivity index (χ1n) is 36.0. The molecule has 0 aliphatic heterocycles. The highest BCUT2D eigenvalue weighted by Crippen LogP contribution is 2.64. The van der Waals surface area contributed by atoms with E-state index >= 15 is 0 Å². The maximum absolute atomic E-state index is 11.1. The van der Waals surface area contributed by atoms with Gasteiger partial charge < -0.3 is 5.11 Å². The molecule has 1 aromatic heterocycles. The number of carbonyl (C=O) groups is 1. The second kappa shape index (κ2) is 26.9. The molecule has 0 radical (unpaired) electrons. The smallest absolute Gasteiger partial charge is 0.303 e. The van der Waals surface area contributed by atoms with Gasteiger partial charge >= 0.3 is 5.97 Å². The fourth-order valence-electron chi connectivity index (χ4n) is 17.6. The first kappa shape index (κ1) is 62.7. The lowest BCUT2D eigenvalue weighted by Gasteiger charge is -2.34. The molecule has 474 valence electrons. The Kier molecular flexibility index (Phi) is 18.2. The van der Waals surface area contributed by atoms with Gasteiger partial charge in [-0.2, -0.15) is 8.75 Å². The standard InChI is InChI=1S/C88H94N2O2S/c1-7-9-11-13-21-25-47-87(48-26-22-14-12-10-8-2)78-54-62(61-33-42-68-69-43-37-65(66-41-32-60(6)85-86(66)90-93-89-85)53-77(69)67(76(68)52-61)27-23-19-17-15-16-18-20-24-28-84(91)92)34-44-70(78)71-45-35-63(55-79(71)87)64-36-46-75-74-40-31-59(5)51-82(74)88(83(75)56-64)80-49-57(3)29-38-72(80)73-39-30-58(4)50-81(73)88/h29-46,49-56,67H,7-28,47-48H2,1-6H3,(H,91,92). The quantitative estimate of drug-likeness (QED) is 0.0497. The zero-order valence-electron chi connectivity index (χ0n) is 56.2. The summed E-state index contributed by atoms with van der Waals surface area (Å²) in [6.07, 6.45) is 28.0. The Morgan fingerprint density at radius 1 is 0.376 bits per heavy atom. The van der Waals surface area contributed by atoms with Crippen molar-refractivity contribution in [1.29, 1.82) is 0 Å². The average Bonchev–Trinajstić information content (AvgIpc) is 1.51. The van der Waals surface area contributed by atoms with E-state index in [1.54, 1.807) is 11.1 Å². The number of carboxylic acids is 1. The van der Waals surface area contributed by atoms with Gasteiger partial charge in [-0.1, -0.05) is 280 Å². The third kappa shape index (κ3) is 11.5. The Morgan fingerprint density at radius 2 is 0.742 bits per heavy atom. The fraction of sp³-hybridized carbons (Fsp3) is 0.375. The average molecular weight is 1240 g/mol. The van der Waals surface area contributed by atoms with Gasteiger partial charge in [-0.15, -0.1) is 0 Å². The second-order valence-electron chi connectivity index (χ2n) is 28.6. The Balaban J connectivity index is 0.850. The third-order valence-electron chi connectivity index (χ3n) is 22.4. The van der Waals surface area contributed by atoms with Crippen LogP contribution < -0.4 is 0 Å². The van der Waals surface area contributed by atoms with Crippen LogP contribution in [0.3, 0.4) is 0 Å². The summed E-state index contributed by atoms with van der Waals surface area (Å²) in [5.74, 6) is -0.394. The lowest BCUT2D eigenvalue weighted by atomic mass is 9.69. The molecule has 10 aromatic rings. The number of rotatable bonds is 28. The number of carboxylic acid groups (broad SMARTS) is 1. The molecule has 5 heteroatoms. The topological polar surface area (TPSA) is 63.1 Å². The number of hydrogen-bond donors (Lipinski definition) is 1. The van der Waals surface area contributed by atoms with Crippen LogP contribution in [0.2, 0.25) is 0 Å². The minimum absolute atomic E-state index is 0.116. The van der Waals surface area contributed by atoms with Crippen LogP contribution in [0.4, 0.5) is 0 Å². The Morgan fingerprint density at radius 3 is 1.24 bits per heavy atom. The van der Waals surface area contributed by atoms with Gasteiger partial charge in [0.05, 0.1) is 17.1 Å². The van der Waals surface area contributed by atoms with E-state index in [1.807, 2.05) is 0 Å². The van der Waals surface area contributed by atoms with E-state index in [1.165, 1.54) is 249 Å². The number of aromatic nitrogens is 2. The monoisotopic (exact) mass is 1240 g/mol. The normalized spacial score (nSPS) is 14.7. The van der Waals surface area contributed by atoms with Crippen LogP contribution in [0.15, 0.2) is 158 Å². The summed E-state index contributed by atoms with van der Waals surface area (Å²) in [4.78, 5) is 11.1. The molecule has 1 atom stereocenters. The summed E-state index contributed by atoms with van der Waals surface area (Å²) >= 11 is 1.31. The zero-order chi connectivity index (χ0) is 63.8. The predicted octanol–water partition coefficient (Wildman–Crippen LogP) is 25.1. The number of aryl methyl sites for hydroxylation is 4.